The number of para-hydroxylation sites is 1. The summed E-state index contributed by atoms with van der Waals surface area (Å²) in [6, 6.07) is 11.1. The second kappa shape index (κ2) is 7.92. The molecule has 0 unspecified atom stereocenters. The predicted molar refractivity (Wildman–Crippen MR) is 111 cm³/mol. The molecule has 0 saturated carbocycles. The number of likely N-dealkylation sites (tertiary alicyclic amines) is 1. The fraction of sp³-hybridized carbons (Fsp3) is 0.286. The number of aromatic nitrogens is 2. The van der Waals surface area contributed by atoms with E-state index in [2.05, 4.69) is 14.9 Å². The number of guanidine groups is 1. The highest BCUT2D eigenvalue weighted by molar-refractivity contribution is 6.06. The topological polar surface area (TPSA) is 111 Å². The summed E-state index contributed by atoms with van der Waals surface area (Å²) in [7, 11) is 1.46. The van der Waals surface area contributed by atoms with Gasteiger partial charge in [-0.3, -0.25) is 25.0 Å². The summed E-state index contributed by atoms with van der Waals surface area (Å²) in [5.41, 5.74) is 7.45. The molecule has 1 aliphatic heterocycles. The first-order valence-electron chi connectivity index (χ1n) is 9.60. The van der Waals surface area contributed by atoms with Crippen LogP contribution in [0.25, 0.3) is 10.9 Å². The maximum Gasteiger partial charge on any atom is 0.276 e. The fourth-order valence-corrected chi connectivity index (χ4v) is 3.52. The van der Waals surface area contributed by atoms with Gasteiger partial charge in [0.05, 0.1) is 11.2 Å². The number of nitrogens with one attached hydrogen (secondary N) is 2. The molecule has 4 N–H and O–H groups in total. The van der Waals surface area contributed by atoms with Gasteiger partial charge in [-0.1, -0.05) is 12.1 Å². The van der Waals surface area contributed by atoms with E-state index in [4.69, 9.17) is 15.9 Å². The fourth-order valence-electron chi connectivity index (χ4n) is 3.52. The second-order valence-electron chi connectivity index (χ2n) is 7.22. The van der Waals surface area contributed by atoms with Crippen molar-refractivity contribution in [2.24, 2.45) is 5.73 Å². The molecule has 2 aromatic heterocycles. The van der Waals surface area contributed by atoms with E-state index >= 15 is 0 Å². The Kier molecular flexibility index (Phi) is 5.18. The smallest absolute Gasteiger partial charge is 0.276 e. The SMILES string of the molecule is CN(C(=N)N)C(=O)c1cc2cccc(Oc3ccnc(CN4CCCC4)c3)c2[nH]1. The van der Waals surface area contributed by atoms with Crippen LogP contribution >= 0.6 is 0 Å². The number of H-pyrrole nitrogens is 1. The molecule has 3 aromatic rings. The highest BCUT2D eigenvalue weighted by Crippen LogP contribution is 2.30. The molecule has 1 amide bonds. The summed E-state index contributed by atoms with van der Waals surface area (Å²) in [6.07, 6.45) is 4.24. The number of nitrogens with zero attached hydrogens (tertiary/aromatic N) is 3. The highest BCUT2D eigenvalue weighted by atomic mass is 16.5. The van der Waals surface area contributed by atoms with Gasteiger partial charge in [-0.15, -0.1) is 0 Å². The lowest BCUT2D eigenvalue weighted by atomic mass is 10.2. The van der Waals surface area contributed by atoms with Crippen LogP contribution in [0.1, 0.15) is 29.0 Å². The maximum atomic E-state index is 12.5. The normalized spacial score (nSPS) is 14.2. The third-order valence-electron chi connectivity index (χ3n) is 5.11. The van der Waals surface area contributed by atoms with E-state index in [1.807, 2.05) is 30.3 Å². The monoisotopic (exact) mass is 392 g/mol. The second-order valence-corrected chi connectivity index (χ2v) is 7.22. The number of carbonyl (C=O) groups is 1. The van der Waals surface area contributed by atoms with E-state index in [-0.39, 0.29) is 11.9 Å². The van der Waals surface area contributed by atoms with Crippen LogP contribution in [0.2, 0.25) is 0 Å². The van der Waals surface area contributed by atoms with Crippen LogP contribution in [0.4, 0.5) is 0 Å². The van der Waals surface area contributed by atoms with E-state index in [1.54, 1.807) is 12.3 Å². The van der Waals surface area contributed by atoms with Gasteiger partial charge in [0.1, 0.15) is 11.4 Å². The number of aromatic amines is 1. The van der Waals surface area contributed by atoms with E-state index in [9.17, 15) is 4.79 Å². The molecule has 1 aliphatic rings. The van der Waals surface area contributed by atoms with Crippen molar-refractivity contribution in [2.45, 2.75) is 19.4 Å². The van der Waals surface area contributed by atoms with Gasteiger partial charge in [0.25, 0.3) is 5.91 Å². The molecular formula is C21H24N6O2. The molecule has 150 valence electrons. The summed E-state index contributed by atoms with van der Waals surface area (Å²) in [6.45, 7) is 3.04. The first kappa shape index (κ1) is 18.9. The molecule has 8 nitrogen and oxygen atoms in total. The van der Waals surface area contributed by atoms with Crippen LogP contribution in [-0.4, -0.2) is 51.8 Å². The summed E-state index contributed by atoms with van der Waals surface area (Å²) in [4.78, 5) is 23.5. The minimum atomic E-state index is -0.378. The number of nitrogens with two attached hydrogens (primary N) is 1. The molecule has 4 rings (SSSR count). The van der Waals surface area contributed by atoms with Crippen molar-refractivity contribution >= 4 is 22.8 Å². The largest absolute Gasteiger partial charge is 0.455 e. The minimum Gasteiger partial charge on any atom is -0.455 e. The van der Waals surface area contributed by atoms with Gasteiger partial charge in [0.2, 0.25) is 0 Å². The summed E-state index contributed by atoms with van der Waals surface area (Å²) < 4.78 is 6.12. The number of benzene rings is 1. The Labute approximate surface area is 168 Å². The van der Waals surface area contributed by atoms with Gasteiger partial charge in [-0.25, -0.2) is 0 Å². The van der Waals surface area contributed by atoms with Crippen LogP contribution in [0.15, 0.2) is 42.6 Å². The van der Waals surface area contributed by atoms with E-state index < -0.39 is 0 Å². The Balaban J connectivity index is 1.58. The van der Waals surface area contributed by atoms with Crippen LogP contribution in [-0.2, 0) is 6.54 Å². The van der Waals surface area contributed by atoms with Crippen LogP contribution < -0.4 is 10.5 Å². The number of fused-ring (bicyclic) bond motifs is 1. The predicted octanol–water partition coefficient (Wildman–Crippen LogP) is 2.92. The molecule has 0 aliphatic carbocycles. The lowest BCUT2D eigenvalue weighted by Gasteiger charge is -2.14. The standard InChI is InChI=1S/C21H24N6O2/c1-26(21(22)23)20(28)17-11-14-5-4-6-18(19(14)25-17)29-16-7-8-24-15(12-16)13-27-9-2-3-10-27/h4-8,11-12,25H,2-3,9-10,13H2,1H3,(H3,22,23). The lowest BCUT2D eigenvalue weighted by molar-refractivity contribution is 0.0864. The number of pyridine rings is 1. The van der Waals surface area contributed by atoms with Crippen molar-refractivity contribution in [3.8, 4) is 11.5 Å². The summed E-state index contributed by atoms with van der Waals surface area (Å²) >= 11 is 0. The number of carbonyl (C=O) groups excluding carboxylic acids is 1. The molecule has 0 spiro atoms. The first-order chi connectivity index (χ1) is 14.0. The zero-order valence-electron chi connectivity index (χ0n) is 16.3. The number of hydrogen-bond donors (Lipinski definition) is 3. The number of ether oxygens (including phenoxy) is 1. The Morgan fingerprint density at radius 1 is 1.31 bits per heavy atom. The van der Waals surface area contributed by atoms with Crippen LogP contribution in [0, 0.1) is 5.41 Å². The molecule has 0 radical (unpaired) electrons. The quantitative estimate of drug-likeness (QED) is 0.457. The Hall–Kier alpha value is -3.39. The molecule has 0 bridgehead atoms. The van der Waals surface area contributed by atoms with E-state index in [1.165, 1.54) is 19.9 Å². The maximum absolute atomic E-state index is 12.5. The van der Waals surface area contributed by atoms with Gasteiger partial charge < -0.3 is 15.5 Å². The number of rotatable bonds is 5. The third-order valence-corrected chi connectivity index (χ3v) is 5.11. The van der Waals surface area contributed by atoms with Gasteiger partial charge in [0, 0.05) is 31.2 Å². The molecule has 0 atom stereocenters. The zero-order chi connectivity index (χ0) is 20.4. The Morgan fingerprint density at radius 2 is 2.10 bits per heavy atom. The molecule has 1 saturated heterocycles. The third kappa shape index (κ3) is 4.07. The summed E-state index contributed by atoms with van der Waals surface area (Å²) in [5.74, 6) is 0.624. The molecule has 3 heterocycles. The minimum absolute atomic E-state index is 0.313. The average molecular weight is 392 g/mol. The van der Waals surface area contributed by atoms with Crippen molar-refractivity contribution in [1.29, 1.82) is 5.41 Å². The van der Waals surface area contributed by atoms with Gasteiger partial charge in [0.15, 0.2) is 11.7 Å². The van der Waals surface area contributed by atoms with Crippen molar-refractivity contribution in [3.63, 3.8) is 0 Å². The lowest BCUT2D eigenvalue weighted by Crippen LogP contribution is -2.38. The van der Waals surface area contributed by atoms with E-state index in [0.29, 0.717) is 22.7 Å². The van der Waals surface area contributed by atoms with Gasteiger partial charge in [-0.2, -0.15) is 0 Å². The van der Waals surface area contributed by atoms with Crippen molar-refractivity contribution < 1.29 is 9.53 Å². The van der Waals surface area contributed by atoms with Crippen LogP contribution in [0.5, 0.6) is 11.5 Å². The van der Waals surface area contributed by atoms with Crippen molar-refractivity contribution in [2.75, 3.05) is 20.1 Å². The molecule has 29 heavy (non-hydrogen) atoms. The van der Waals surface area contributed by atoms with Gasteiger partial charge >= 0.3 is 0 Å². The van der Waals surface area contributed by atoms with E-state index in [0.717, 1.165) is 35.6 Å². The van der Waals surface area contributed by atoms with Crippen LogP contribution in [0.3, 0.4) is 0 Å². The number of hydrogen-bond acceptors (Lipinski definition) is 5. The molecule has 8 heteroatoms. The number of amides is 1. The Bertz CT molecular complexity index is 1050. The zero-order valence-corrected chi connectivity index (χ0v) is 16.3. The average Bonchev–Trinajstić information content (AvgIpc) is 3.37. The first-order valence-corrected chi connectivity index (χ1v) is 9.60. The van der Waals surface area contributed by atoms with Crippen molar-refractivity contribution in [1.82, 2.24) is 19.8 Å². The Morgan fingerprint density at radius 3 is 2.86 bits per heavy atom. The van der Waals surface area contributed by atoms with Gasteiger partial charge in [-0.05, 0) is 44.1 Å². The molecule has 1 aromatic carbocycles. The highest BCUT2D eigenvalue weighted by Gasteiger charge is 2.18. The summed E-state index contributed by atoms with van der Waals surface area (Å²) in [5, 5.41) is 8.28. The molecule has 1 fully saturated rings. The van der Waals surface area contributed by atoms with Crippen molar-refractivity contribution in [3.05, 3.63) is 54.0 Å². The molecular weight excluding hydrogens is 368 g/mol.